The Morgan fingerprint density at radius 1 is 0.587 bits per heavy atom. The Labute approximate surface area is 826 Å². The molecular formula is C93H120AlBBrF3K2N4O15Sn. The molecular weight excluding hydrogens is 1780 g/mol. The first-order valence-electron chi connectivity index (χ1n) is 42.1. The number of aromatic nitrogens is 3. The van der Waals surface area contributed by atoms with Crippen molar-refractivity contribution in [3.63, 3.8) is 0 Å². The summed E-state index contributed by atoms with van der Waals surface area (Å²) in [6, 6.07) is 31.3. The van der Waals surface area contributed by atoms with Crippen molar-refractivity contribution in [2.45, 2.75) is 177 Å². The maximum atomic E-state index is 13.6. The van der Waals surface area contributed by atoms with Crippen molar-refractivity contribution < 1.29 is 190 Å². The van der Waals surface area contributed by atoms with Gasteiger partial charge in [-0.3, -0.25) is 43.7 Å². The van der Waals surface area contributed by atoms with Crippen LogP contribution in [0.1, 0.15) is 157 Å². The number of ether oxygens (including phenoxy) is 6. The number of alkyl halides is 1. The van der Waals surface area contributed by atoms with Crippen LogP contribution in [0.5, 0.6) is 0 Å². The number of halogens is 4. The Balaban J connectivity index is 0.000000339. The fraction of sp³-hybridized carbons (Fsp3) is 0.538. The number of fused-ring (bicyclic) bond motifs is 6. The summed E-state index contributed by atoms with van der Waals surface area (Å²) in [5, 5.41) is 16.2. The van der Waals surface area contributed by atoms with Gasteiger partial charge in [0, 0.05) is 107 Å². The molecule has 0 unspecified atom stereocenters. The quantitative estimate of drug-likeness (QED) is 0.0102. The van der Waals surface area contributed by atoms with E-state index < -0.39 is 19.8 Å². The summed E-state index contributed by atoms with van der Waals surface area (Å²) in [5.74, 6) is 1.53. The van der Waals surface area contributed by atoms with E-state index in [2.05, 4.69) is 69.8 Å². The molecule has 121 heavy (non-hydrogen) atoms. The molecule has 3 aromatic carbocycles. The van der Waals surface area contributed by atoms with E-state index in [-0.39, 0.29) is 250 Å². The predicted molar refractivity (Wildman–Crippen MR) is 460 cm³/mol. The number of carbonyl (C=O) groups excluding carboxylic acids is 6. The second-order valence-corrected chi connectivity index (χ2v) is 43.1. The van der Waals surface area contributed by atoms with Gasteiger partial charge in [0.25, 0.3) is 6.47 Å². The summed E-state index contributed by atoms with van der Waals surface area (Å²) in [6.45, 7) is 17.9. The van der Waals surface area contributed by atoms with Gasteiger partial charge in [0.1, 0.15) is 35.8 Å². The number of esters is 5. The van der Waals surface area contributed by atoms with Crippen LogP contribution < -0.4 is 108 Å². The number of carbonyl (C=O) groups is 6. The van der Waals surface area contributed by atoms with Gasteiger partial charge in [-0.1, -0.05) is 82.7 Å². The van der Waals surface area contributed by atoms with Crippen LogP contribution >= 0.6 is 15.9 Å². The third-order valence-electron chi connectivity index (χ3n) is 25.2. The number of allylic oxidation sites excluding steroid dienone is 2. The van der Waals surface area contributed by atoms with E-state index in [1.165, 1.54) is 88.8 Å². The first-order chi connectivity index (χ1) is 57.1. The fourth-order valence-corrected chi connectivity index (χ4v) is 31.3. The molecule has 4 saturated heterocycles. The van der Waals surface area contributed by atoms with Crippen LogP contribution in [0.2, 0.25) is 13.3 Å². The number of pyridine rings is 3. The Morgan fingerprint density at radius 3 is 1.45 bits per heavy atom. The monoisotopic (exact) mass is 1900 g/mol. The molecule has 0 bridgehead atoms. The Morgan fingerprint density at radius 2 is 1.02 bits per heavy atom. The molecule has 19 nitrogen and oxygen atoms in total. The Kier molecular flexibility index (Phi) is 50.1. The molecule has 0 spiro atoms. The molecule has 2 N–H and O–H groups in total. The first kappa shape index (κ1) is 108. The van der Waals surface area contributed by atoms with Gasteiger partial charge >= 0.3 is 245 Å². The molecule has 6 aromatic rings. The van der Waals surface area contributed by atoms with Crippen LogP contribution in [0.25, 0.3) is 45.5 Å². The summed E-state index contributed by atoms with van der Waals surface area (Å²) in [6.07, 6.45) is 29.6. The molecule has 8 fully saturated rings. The zero-order valence-corrected chi connectivity index (χ0v) is 84.6. The minimum absolute atomic E-state index is 0. The number of aliphatic hydroxyl groups excluding tert-OH is 1. The molecule has 642 valence electrons. The standard InChI is InChI=1S/C27H29BrFNO4.C27H30FNO4.C25H26FNO3.3C4H9.CH2O3.CH4O.Al.B.2K.HN.Sn.2H/c1-16-26-24(9-8-22-7-6-19(14-30-22)18-4-3-5-21(29)12-18)23(10-11-28)20(15-33-17(2)31)13-25(26)27(32)34-16;1-15-25-24(27(31)33-15)12-20(14-32-16(2)30)23-9-7-18(26(23)25)11-22-8-6-19(13-29-22)17-4-3-5-21(28)10-17;1-15-24-22(21-9-10-29-14-18(21)12-23(24)25(28)30-15)8-7-20-6-5-17(13-27-20)16-3-2-4-19(26)11-16;3*1-3-4-2;2-1-4-3;1-2;;;;;;;;/h3-9,12,14,16,20,23-26H,10-11,13,15H2,1-2H3;3-6,8,10,13,15,18,20,23-26H,7,9,11-12,14H2,1-2H3;2-8,11,13,15,18,21-24H,9-10,12,14H2,1H3;3*1,3-4H2,2H3;1,3H;2H,1H3;;;;;1H;;;/q;;;;;;;;;;2*+1;;;;-1/p-1/b9-8+;;8-7+;;;;;;;;;;;;;/t16-,20-,23-,24+,25-,26+;15-,18+,20-,23-,24-,25-,26+;15-,18-,21-,22+,23-,24+;;;;;;;;;;;;;/m111............./s1. The molecule has 7 heterocycles. The van der Waals surface area contributed by atoms with Gasteiger partial charge < -0.3 is 45.1 Å². The van der Waals surface area contributed by atoms with Gasteiger partial charge in [-0.2, -0.15) is 0 Å². The topological polar surface area (TPSA) is 273 Å². The number of nitrogens with one attached hydrogen (secondary N) is 1. The van der Waals surface area contributed by atoms with Crippen LogP contribution in [0.15, 0.2) is 140 Å². The molecule has 0 amide bonds. The number of unbranched alkanes of at least 4 members (excludes halogenated alkanes) is 3. The van der Waals surface area contributed by atoms with Crippen LogP contribution in [0.3, 0.4) is 0 Å². The van der Waals surface area contributed by atoms with E-state index in [1.807, 2.05) is 87.6 Å². The molecule has 14 rings (SSSR count). The Hall–Kier alpha value is -3.97. The molecule has 4 saturated carbocycles. The average Bonchev–Trinajstić information content (AvgIpc) is 1.59. The number of cyclic esters (lactones) is 3. The average molecular weight is 1910 g/mol. The van der Waals surface area contributed by atoms with Crippen molar-refractivity contribution in [1.29, 1.82) is 4.35 Å². The number of benzene rings is 3. The SMILES string of the molecule is CC(=O)OC[C@H]1C[C@H]2C(=O)O[C@H](C)[C@H]2[C@@H](/C=C/c2ccc(-c3cccc(F)c3)cn2)[C@@H]1CCBr.CC(=O)OC[C@H]1C[C@H]2C(=O)O[C@H](C)[C@H]2[C@H]2[C@H](Cc3ccc(-c4cccc(F)c4)cn3)CC[C@H]12.CCC[CH2][SnH]([CH2]CCC)[CH2]CCC.CO.C[C@H]1OC(=O)[C@@H]2C[C@@H]3COCC[C@H]3[C@H](/C=C/c3ccc(-c4cccc(F)c4)cn3)[C@H]12.O=CO[O-].[B].[H-].[K+].[K+].[NH]=[Al]. The van der Waals surface area contributed by atoms with Crippen LogP contribution in [0, 0.1) is 116 Å². The normalized spacial score (nSPS) is 26.6. The van der Waals surface area contributed by atoms with Crippen molar-refractivity contribution in [3.8, 4) is 33.4 Å². The van der Waals surface area contributed by atoms with Crippen LogP contribution in [-0.4, -0.2) is 158 Å². The summed E-state index contributed by atoms with van der Waals surface area (Å²) in [4.78, 5) is 85.5. The van der Waals surface area contributed by atoms with E-state index in [1.54, 1.807) is 60.0 Å². The van der Waals surface area contributed by atoms with Crippen molar-refractivity contribution in [1.82, 2.24) is 15.0 Å². The van der Waals surface area contributed by atoms with Crippen molar-refractivity contribution >= 4 is 109 Å². The van der Waals surface area contributed by atoms with Gasteiger partial charge in [-0.25, -0.2) is 13.2 Å². The molecule has 3 aromatic heterocycles. The van der Waals surface area contributed by atoms with Crippen LogP contribution in [0.4, 0.5) is 13.2 Å². The summed E-state index contributed by atoms with van der Waals surface area (Å²) < 4.78 is 84.7. The van der Waals surface area contributed by atoms with E-state index in [0.29, 0.717) is 49.2 Å². The molecule has 4 aliphatic carbocycles. The van der Waals surface area contributed by atoms with Gasteiger partial charge in [-0.05, 0) is 215 Å². The second kappa shape index (κ2) is 56.4. The zero-order chi connectivity index (χ0) is 85.4. The number of rotatable bonds is 25. The number of hydrogen-bond acceptors (Lipinski definition) is 19. The van der Waals surface area contributed by atoms with E-state index in [4.69, 9.17) is 52.9 Å². The molecule has 19 atom stereocenters. The van der Waals surface area contributed by atoms with Gasteiger partial charge in [0.05, 0.1) is 42.4 Å². The van der Waals surface area contributed by atoms with Crippen molar-refractivity contribution in [3.05, 3.63) is 174 Å². The summed E-state index contributed by atoms with van der Waals surface area (Å²) >= 11 is 4.28. The zero-order valence-electron chi connectivity index (χ0n) is 73.3. The van der Waals surface area contributed by atoms with E-state index in [0.717, 1.165) is 121 Å². The third kappa shape index (κ3) is 31.2. The van der Waals surface area contributed by atoms with Crippen LogP contribution in [-0.2, 0) is 68.5 Å². The minimum atomic E-state index is -0.967. The second-order valence-electron chi connectivity index (χ2n) is 32.4. The van der Waals surface area contributed by atoms with Crippen molar-refractivity contribution in [2.24, 2.45) is 94.7 Å². The summed E-state index contributed by atoms with van der Waals surface area (Å²) in [5.41, 5.74) is 7.69. The van der Waals surface area contributed by atoms with E-state index in [9.17, 15) is 37.1 Å². The number of nitrogens with zero attached hydrogens (tertiary/aromatic N) is 3. The maximum absolute atomic E-state index is 13.6. The summed E-state index contributed by atoms with van der Waals surface area (Å²) in [7, 11) is 1.00. The third-order valence-corrected chi connectivity index (χ3v) is 36.1. The van der Waals surface area contributed by atoms with Gasteiger partial charge in [0.15, 0.2) is 0 Å². The van der Waals surface area contributed by atoms with Gasteiger partial charge in [-0.15, -0.1) is 0 Å². The fourth-order valence-electron chi connectivity index (χ4n) is 19.9. The number of hydrogen-bond donors (Lipinski definition) is 2. The molecule has 4 radical (unpaired) electrons. The number of aliphatic hydroxyl groups is 1. The van der Waals surface area contributed by atoms with Gasteiger partial charge in [0.2, 0.25) is 0 Å². The van der Waals surface area contributed by atoms with E-state index >= 15 is 0 Å². The molecule has 4 aliphatic heterocycles. The molecule has 8 aliphatic rings. The van der Waals surface area contributed by atoms with Crippen molar-refractivity contribution in [2.75, 3.05) is 38.9 Å². The predicted octanol–water partition coefficient (Wildman–Crippen LogP) is 11.6. The molecule has 28 heteroatoms. The Bertz CT molecular complexity index is 4200. The first-order valence-corrected chi connectivity index (χ1v) is 50.8.